The molecule has 1 aromatic heterocycles. The molecule has 188 valence electrons. The normalized spacial score (nSPS) is 13.3. The maximum Gasteiger partial charge on any atom is 0.284 e. The van der Waals surface area contributed by atoms with Crippen LogP contribution < -0.4 is 21.1 Å². The lowest BCUT2D eigenvalue weighted by molar-refractivity contribution is -0.404. The summed E-state index contributed by atoms with van der Waals surface area (Å²) in [6, 6.07) is 12.7. The number of hydrogen-bond acceptors (Lipinski definition) is 9. The average Bonchev–Trinajstić information content (AvgIpc) is 3.29. The van der Waals surface area contributed by atoms with E-state index in [0.717, 1.165) is 22.3 Å². The summed E-state index contributed by atoms with van der Waals surface area (Å²) >= 11 is 1.28. The molecule has 0 unspecified atom stereocenters. The monoisotopic (exact) mass is 508 g/mol. The summed E-state index contributed by atoms with van der Waals surface area (Å²) in [5.74, 6) is 1.02. The molecule has 3 aromatic rings. The second-order valence-electron chi connectivity index (χ2n) is 8.67. The Hall–Kier alpha value is -4.12. The zero-order valence-electron chi connectivity index (χ0n) is 20.3. The van der Waals surface area contributed by atoms with Crippen LogP contribution in [0.3, 0.4) is 0 Å². The number of nitrogens with zero attached hydrogens (tertiary/aromatic N) is 3. The third-order valence-electron chi connectivity index (χ3n) is 5.85. The predicted molar refractivity (Wildman–Crippen MR) is 141 cm³/mol. The van der Waals surface area contributed by atoms with Crippen LogP contribution in [0.25, 0.3) is 0 Å². The van der Waals surface area contributed by atoms with Gasteiger partial charge in [0, 0.05) is 23.5 Å². The number of rotatable bonds is 8. The highest BCUT2D eigenvalue weighted by atomic mass is 32.1. The lowest BCUT2D eigenvalue weighted by Crippen LogP contribution is -2.33. The summed E-state index contributed by atoms with van der Waals surface area (Å²) in [7, 11) is 1.58. The number of nitro groups is 1. The van der Waals surface area contributed by atoms with E-state index >= 15 is 0 Å². The van der Waals surface area contributed by atoms with E-state index in [2.05, 4.69) is 29.5 Å². The fourth-order valence-electron chi connectivity index (χ4n) is 3.83. The van der Waals surface area contributed by atoms with Crippen LogP contribution in [0.1, 0.15) is 45.7 Å². The molecule has 0 aliphatic carbocycles. The first kappa shape index (κ1) is 25.0. The number of benzene rings is 2. The summed E-state index contributed by atoms with van der Waals surface area (Å²) in [5, 5.41) is 17.7. The fraction of sp³-hybridized carbons (Fsp3) is 0.280. The van der Waals surface area contributed by atoms with E-state index in [1.54, 1.807) is 37.4 Å². The van der Waals surface area contributed by atoms with E-state index in [0.29, 0.717) is 59.1 Å². The second kappa shape index (κ2) is 10.6. The van der Waals surface area contributed by atoms with Crippen molar-refractivity contribution in [2.45, 2.75) is 32.7 Å². The van der Waals surface area contributed by atoms with Gasteiger partial charge in [0.25, 0.3) is 12.1 Å². The van der Waals surface area contributed by atoms with Gasteiger partial charge in [0.15, 0.2) is 10.8 Å². The van der Waals surface area contributed by atoms with Crippen molar-refractivity contribution in [2.75, 3.05) is 30.0 Å². The van der Waals surface area contributed by atoms with Gasteiger partial charge in [-0.15, -0.1) is 11.3 Å². The summed E-state index contributed by atoms with van der Waals surface area (Å²) in [6.45, 7) is 5.06. The van der Waals surface area contributed by atoms with Crippen LogP contribution in [0.4, 0.5) is 17.1 Å². The Bertz CT molecular complexity index is 1300. The van der Waals surface area contributed by atoms with Gasteiger partial charge in [0.2, 0.25) is 0 Å². The number of methoxy groups -OCH3 is 1. The van der Waals surface area contributed by atoms with Gasteiger partial charge in [-0.1, -0.05) is 19.9 Å². The molecule has 0 bridgehead atoms. The number of thiazole rings is 1. The van der Waals surface area contributed by atoms with Gasteiger partial charge in [-0.3, -0.25) is 14.9 Å². The number of amides is 1. The molecule has 2 aromatic carbocycles. The Labute approximate surface area is 212 Å². The molecular weight excluding hydrogens is 480 g/mol. The molecule has 1 aliphatic heterocycles. The van der Waals surface area contributed by atoms with Gasteiger partial charge < -0.3 is 26.0 Å². The van der Waals surface area contributed by atoms with Crippen LogP contribution in [0.2, 0.25) is 0 Å². The first-order valence-corrected chi connectivity index (χ1v) is 12.3. The van der Waals surface area contributed by atoms with Crippen LogP contribution in [-0.2, 0) is 13.0 Å². The number of nitrogens with two attached hydrogens (primary N) is 1. The summed E-state index contributed by atoms with van der Waals surface area (Å²) in [6.07, 6.45) is 1.51. The number of nitrogens with one attached hydrogen (secondary N) is 2. The number of aromatic nitrogens is 1. The van der Waals surface area contributed by atoms with Gasteiger partial charge in [-0.05, 0) is 47.9 Å². The van der Waals surface area contributed by atoms with E-state index < -0.39 is 4.92 Å². The van der Waals surface area contributed by atoms with E-state index in [-0.39, 0.29) is 5.91 Å². The number of nitrogen functional groups attached to an aromatic ring is 1. The second-order valence-corrected chi connectivity index (χ2v) is 9.75. The smallest absolute Gasteiger partial charge is 0.284 e. The zero-order chi connectivity index (χ0) is 25.8. The minimum absolute atomic E-state index is 0.298. The first-order valence-electron chi connectivity index (χ1n) is 11.4. The van der Waals surface area contributed by atoms with Crippen molar-refractivity contribution >= 4 is 34.3 Å². The minimum Gasteiger partial charge on any atom is -0.497 e. The standard InChI is InChI=1S/C25H28N6O4S/c1-15(2)16-4-9-19(26)21(12-16)28-24(32)25-29-20-10-11-30(13-22(20)36-25)23(14-31(33)34)27-17-5-7-18(35-3)8-6-17/h4-9,12,14-15,27H,10-11,13,26H2,1-3H3,(H,28,32). The first-order chi connectivity index (χ1) is 17.2. The molecule has 10 nitrogen and oxygen atoms in total. The lowest BCUT2D eigenvalue weighted by atomic mass is 10.0. The van der Waals surface area contributed by atoms with Crippen molar-refractivity contribution in [1.82, 2.24) is 9.88 Å². The molecular formula is C25H28N6O4S. The van der Waals surface area contributed by atoms with Gasteiger partial charge in [0.1, 0.15) is 5.75 Å². The molecule has 11 heteroatoms. The van der Waals surface area contributed by atoms with E-state index in [1.807, 2.05) is 17.0 Å². The molecule has 4 N–H and O–H groups in total. The molecule has 0 atom stereocenters. The average molecular weight is 509 g/mol. The predicted octanol–water partition coefficient (Wildman–Crippen LogP) is 4.66. The molecule has 2 heterocycles. The molecule has 0 saturated heterocycles. The Morgan fingerprint density at radius 3 is 2.67 bits per heavy atom. The number of carbonyl (C=O) groups excluding carboxylic acids is 1. The molecule has 0 saturated carbocycles. The number of ether oxygens (including phenoxy) is 1. The number of fused-ring (bicyclic) bond motifs is 1. The fourth-order valence-corrected chi connectivity index (χ4v) is 4.85. The van der Waals surface area contributed by atoms with Crippen molar-refractivity contribution in [3.05, 3.63) is 85.7 Å². The Balaban J connectivity index is 1.50. The van der Waals surface area contributed by atoms with Gasteiger partial charge in [-0.2, -0.15) is 0 Å². The molecule has 0 spiro atoms. The third kappa shape index (κ3) is 5.74. The Morgan fingerprint density at radius 1 is 1.25 bits per heavy atom. The van der Waals surface area contributed by atoms with Crippen molar-refractivity contribution < 1.29 is 14.5 Å². The Morgan fingerprint density at radius 2 is 2.00 bits per heavy atom. The number of carbonyl (C=O) groups is 1. The SMILES string of the molecule is COc1ccc(NC(=C[N+](=O)[O-])N2CCc3nc(C(=O)Nc4cc(C(C)C)ccc4N)sc3C2)cc1. The lowest BCUT2D eigenvalue weighted by Gasteiger charge is -2.29. The maximum atomic E-state index is 13.0. The highest BCUT2D eigenvalue weighted by Gasteiger charge is 2.26. The van der Waals surface area contributed by atoms with Crippen molar-refractivity contribution in [1.29, 1.82) is 0 Å². The van der Waals surface area contributed by atoms with Crippen LogP contribution in [0, 0.1) is 10.1 Å². The van der Waals surface area contributed by atoms with Crippen LogP contribution >= 0.6 is 11.3 Å². The van der Waals surface area contributed by atoms with Crippen molar-refractivity contribution in [2.24, 2.45) is 0 Å². The summed E-state index contributed by atoms with van der Waals surface area (Å²) in [5.41, 5.74) is 9.71. The van der Waals surface area contributed by atoms with E-state index in [1.165, 1.54) is 11.3 Å². The van der Waals surface area contributed by atoms with Gasteiger partial charge in [-0.25, -0.2) is 4.98 Å². The number of hydrogen-bond donors (Lipinski definition) is 3. The van der Waals surface area contributed by atoms with Crippen molar-refractivity contribution in [3.8, 4) is 5.75 Å². The topological polar surface area (TPSA) is 136 Å². The summed E-state index contributed by atoms with van der Waals surface area (Å²) < 4.78 is 5.17. The van der Waals surface area contributed by atoms with E-state index in [9.17, 15) is 14.9 Å². The van der Waals surface area contributed by atoms with Gasteiger partial charge >= 0.3 is 0 Å². The summed E-state index contributed by atoms with van der Waals surface area (Å²) in [4.78, 5) is 31.1. The van der Waals surface area contributed by atoms with Crippen LogP contribution in [0.15, 0.2) is 54.5 Å². The molecule has 0 fully saturated rings. The third-order valence-corrected chi connectivity index (χ3v) is 6.93. The van der Waals surface area contributed by atoms with Crippen LogP contribution in [0.5, 0.6) is 5.75 Å². The van der Waals surface area contributed by atoms with Gasteiger partial charge in [0.05, 0.1) is 35.6 Å². The number of anilines is 3. The molecule has 0 radical (unpaired) electrons. The molecule has 1 amide bonds. The highest BCUT2D eigenvalue weighted by Crippen LogP contribution is 2.30. The molecule has 1 aliphatic rings. The molecule has 4 rings (SSSR count). The highest BCUT2D eigenvalue weighted by molar-refractivity contribution is 7.13. The maximum absolute atomic E-state index is 13.0. The minimum atomic E-state index is -0.484. The Kier molecular flexibility index (Phi) is 7.39. The zero-order valence-corrected chi connectivity index (χ0v) is 21.1. The largest absolute Gasteiger partial charge is 0.497 e. The van der Waals surface area contributed by atoms with Crippen molar-refractivity contribution in [3.63, 3.8) is 0 Å². The van der Waals surface area contributed by atoms with E-state index in [4.69, 9.17) is 10.5 Å². The molecule has 36 heavy (non-hydrogen) atoms. The van der Waals surface area contributed by atoms with Crippen LogP contribution in [-0.4, -0.2) is 34.4 Å². The quantitative estimate of drug-likeness (QED) is 0.227.